The fourth-order valence-electron chi connectivity index (χ4n) is 2.74. The Kier molecular flexibility index (Phi) is 15.1. The number of hydrogen-bond acceptors (Lipinski definition) is 5. The van der Waals surface area contributed by atoms with Crippen LogP contribution in [0.3, 0.4) is 0 Å². The molecule has 1 unspecified atom stereocenters. The van der Waals surface area contributed by atoms with E-state index in [0.717, 1.165) is 38.5 Å². The van der Waals surface area contributed by atoms with Gasteiger partial charge in [-0.15, -0.1) is 0 Å². The summed E-state index contributed by atoms with van der Waals surface area (Å²) in [5, 5.41) is 8.56. The van der Waals surface area contributed by atoms with E-state index in [9.17, 15) is 18.0 Å². The number of esters is 1. The molecule has 0 aliphatic rings. The van der Waals surface area contributed by atoms with Crippen LogP contribution in [0.25, 0.3) is 0 Å². The van der Waals surface area contributed by atoms with E-state index in [4.69, 9.17) is 9.84 Å². The summed E-state index contributed by atoms with van der Waals surface area (Å²) in [4.78, 5) is 22.3. The Morgan fingerprint density at radius 1 is 0.964 bits per heavy atom. The zero-order valence-corrected chi connectivity index (χ0v) is 18.6. The molecule has 1 atom stereocenters. The minimum Gasteiger partial charge on any atom is -0.481 e. The standard InChI is InChI=1S/C20H39NO6S/c1-4-5-8-12-18(27-20(24)17(2)3)13-11-16-28(25,26)21-15-10-7-6-9-14-19(22)23/h17-18,21H,4-16H2,1-3H3,(H,22,23). The van der Waals surface area contributed by atoms with Gasteiger partial charge in [0.15, 0.2) is 0 Å². The van der Waals surface area contributed by atoms with E-state index in [1.165, 1.54) is 0 Å². The van der Waals surface area contributed by atoms with Crippen LogP contribution in [0, 0.1) is 5.92 Å². The third-order valence-electron chi connectivity index (χ3n) is 4.46. The molecule has 0 spiro atoms. The second kappa shape index (κ2) is 15.7. The van der Waals surface area contributed by atoms with Gasteiger partial charge >= 0.3 is 11.9 Å². The van der Waals surface area contributed by atoms with Gasteiger partial charge in [-0.25, -0.2) is 13.1 Å². The molecule has 0 aromatic heterocycles. The zero-order valence-electron chi connectivity index (χ0n) is 17.7. The maximum atomic E-state index is 12.1. The summed E-state index contributed by atoms with van der Waals surface area (Å²) in [7, 11) is -3.34. The highest BCUT2D eigenvalue weighted by atomic mass is 32.2. The van der Waals surface area contributed by atoms with Crippen LogP contribution in [0.4, 0.5) is 0 Å². The predicted molar refractivity (Wildman–Crippen MR) is 111 cm³/mol. The van der Waals surface area contributed by atoms with E-state index in [0.29, 0.717) is 32.2 Å². The van der Waals surface area contributed by atoms with Gasteiger partial charge in [0.25, 0.3) is 0 Å². The number of sulfonamides is 1. The van der Waals surface area contributed by atoms with Crippen molar-refractivity contribution in [3.63, 3.8) is 0 Å². The monoisotopic (exact) mass is 421 g/mol. The molecular formula is C20H39NO6S. The van der Waals surface area contributed by atoms with Gasteiger partial charge in [-0.3, -0.25) is 9.59 Å². The molecule has 0 bridgehead atoms. The van der Waals surface area contributed by atoms with Crippen LogP contribution in [0.2, 0.25) is 0 Å². The quantitative estimate of drug-likeness (QED) is 0.257. The molecule has 0 saturated heterocycles. The molecule has 0 rings (SSSR count). The van der Waals surface area contributed by atoms with E-state index < -0.39 is 16.0 Å². The topological polar surface area (TPSA) is 110 Å². The number of carboxylic acid groups (broad SMARTS) is 1. The molecule has 28 heavy (non-hydrogen) atoms. The molecule has 7 nitrogen and oxygen atoms in total. The first-order chi connectivity index (χ1) is 13.2. The molecule has 0 amide bonds. The Hall–Kier alpha value is -1.15. The number of hydrogen-bond donors (Lipinski definition) is 2. The van der Waals surface area contributed by atoms with Crippen LogP contribution in [0.5, 0.6) is 0 Å². The molecular weight excluding hydrogens is 382 g/mol. The van der Waals surface area contributed by atoms with Gasteiger partial charge in [-0.05, 0) is 38.5 Å². The molecule has 0 aromatic carbocycles. The molecule has 166 valence electrons. The number of aliphatic carboxylic acids is 1. The third kappa shape index (κ3) is 15.9. The Balaban J connectivity index is 4.12. The van der Waals surface area contributed by atoms with Crippen molar-refractivity contribution in [1.29, 1.82) is 0 Å². The van der Waals surface area contributed by atoms with E-state index >= 15 is 0 Å². The summed E-state index contributed by atoms with van der Waals surface area (Å²) in [6.45, 7) is 6.07. The second-order valence-corrected chi connectivity index (χ2v) is 9.55. The number of nitrogens with one attached hydrogen (secondary N) is 1. The first-order valence-corrected chi connectivity index (χ1v) is 12.2. The molecule has 0 aliphatic heterocycles. The minimum absolute atomic E-state index is 0.0233. The molecule has 0 fully saturated rings. The molecule has 0 aliphatic carbocycles. The highest BCUT2D eigenvalue weighted by Crippen LogP contribution is 2.15. The first kappa shape index (κ1) is 26.9. The first-order valence-electron chi connectivity index (χ1n) is 10.6. The summed E-state index contributed by atoms with van der Waals surface area (Å²) in [5.41, 5.74) is 0. The Morgan fingerprint density at radius 3 is 2.21 bits per heavy atom. The molecule has 0 radical (unpaired) electrons. The average molecular weight is 422 g/mol. The van der Waals surface area contributed by atoms with Crippen molar-refractivity contribution in [1.82, 2.24) is 4.72 Å². The lowest BCUT2D eigenvalue weighted by atomic mass is 10.1. The second-order valence-electron chi connectivity index (χ2n) is 7.62. The zero-order chi connectivity index (χ0) is 21.4. The Morgan fingerprint density at radius 2 is 1.61 bits per heavy atom. The predicted octanol–water partition coefficient (Wildman–Crippen LogP) is 3.87. The average Bonchev–Trinajstić information content (AvgIpc) is 2.60. The van der Waals surface area contributed by atoms with Crippen molar-refractivity contribution in [2.45, 2.75) is 97.5 Å². The van der Waals surface area contributed by atoms with Crippen LogP contribution >= 0.6 is 0 Å². The number of ether oxygens (including phenoxy) is 1. The SMILES string of the molecule is CCCCCC(CCCS(=O)(=O)NCCCCCCC(=O)O)OC(=O)C(C)C. The molecule has 0 aromatic rings. The molecule has 0 saturated carbocycles. The number of unbranched alkanes of at least 4 members (excludes halogenated alkanes) is 5. The van der Waals surface area contributed by atoms with Crippen molar-refractivity contribution in [3.8, 4) is 0 Å². The molecule has 8 heteroatoms. The Labute approximate surface area is 170 Å². The van der Waals surface area contributed by atoms with Crippen LogP contribution < -0.4 is 4.72 Å². The lowest BCUT2D eigenvalue weighted by molar-refractivity contribution is -0.153. The summed E-state index contributed by atoms with van der Waals surface area (Å²) in [6.07, 6.45) is 7.76. The third-order valence-corrected chi connectivity index (χ3v) is 5.93. The lowest BCUT2D eigenvalue weighted by Gasteiger charge is -2.19. The number of rotatable bonds is 18. The highest BCUT2D eigenvalue weighted by molar-refractivity contribution is 7.89. The summed E-state index contributed by atoms with van der Waals surface area (Å²) < 4.78 is 32.3. The van der Waals surface area contributed by atoms with Gasteiger partial charge in [0.2, 0.25) is 10.0 Å². The molecule has 0 heterocycles. The number of carbonyl (C=O) groups excluding carboxylic acids is 1. The van der Waals surface area contributed by atoms with Gasteiger partial charge in [0, 0.05) is 13.0 Å². The van der Waals surface area contributed by atoms with Crippen LogP contribution in [-0.2, 0) is 24.3 Å². The maximum absolute atomic E-state index is 12.1. The van der Waals surface area contributed by atoms with Gasteiger partial charge < -0.3 is 9.84 Å². The van der Waals surface area contributed by atoms with E-state index in [-0.39, 0.29) is 30.2 Å². The van der Waals surface area contributed by atoms with Gasteiger partial charge in [-0.2, -0.15) is 0 Å². The molecule has 2 N–H and O–H groups in total. The van der Waals surface area contributed by atoms with Crippen molar-refractivity contribution in [3.05, 3.63) is 0 Å². The fourth-order valence-corrected chi connectivity index (χ4v) is 3.89. The van der Waals surface area contributed by atoms with E-state index in [1.807, 2.05) is 0 Å². The largest absolute Gasteiger partial charge is 0.481 e. The number of carboxylic acids is 1. The minimum atomic E-state index is -3.34. The van der Waals surface area contributed by atoms with Gasteiger partial charge in [0.05, 0.1) is 11.7 Å². The highest BCUT2D eigenvalue weighted by Gasteiger charge is 2.18. The number of carbonyl (C=O) groups is 2. The summed E-state index contributed by atoms with van der Waals surface area (Å²) >= 11 is 0. The van der Waals surface area contributed by atoms with Gasteiger partial charge in [0.1, 0.15) is 6.10 Å². The van der Waals surface area contributed by atoms with Crippen LogP contribution in [-0.4, -0.2) is 43.9 Å². The lowest BCUT2D eigenvalue weighted by Crippen LogP contribution is -2.28. The van der Waals surface area contributed by atoms with E-state index in [1.54, 1.807) is 13.8 Å². The summed E-state index contributed by atoms with van der Waals surface area (Å²) in [5.74, 6) is -1.19. The Bertz CT molecular complexity index is 533. The van der Waals surface area contributed by atoms with Crippen molar-refractivity contribution in [2.75, 3.05) is 12.3 Å². The maximum Gasteiger partial charge on any atom is 0.308 e. The van der Waals surface area contributed by atoms with Crippen molar-refractivity contribution in [2.24, 2.45) is 5.92 Å². The fraction of sp³-hybridized carbons (Fsp3) is 0.900. The van der Waals surface area contributed by atoms with Gasteiger partial charge in [-0.1, -0.05) is 46.5 Å². The summed E-state index contributed by atoms with van der Waals surface area (Å²) in [6, 6.07) is 0. The van der Waals surface area contributed by atoms with Crippen molar-refractivity contribution < 1.29 is 27.9 Å². The van der Waals surface area contributed by atoms with Crippen LogP contribution in [0.1, 0.15) is 91.4 Å². The normalized spacial score (nSPS) is 12.9. The van der Waals surface area contributed by atoms with Crippen molar-refractivity contribution >= 4 is 22.0 Å². The van der Waals surface area contributed by atoms with E-state index in [2.05, 4.69) is 11.6 Å². The van der Waals surface area contributed by atoms with Crippen LogP contribution in [0.15, 0.2) is 0 Å². The smallest absolute Gasteiger partial charge is 0.308 e.